The predicted octanol–water partition coefficient (Wildman–Crippen LogP) is 3.32. The average molecular weight is 432 g/mol. The maximum absolute atomic E-state index is 12.9. The van der Waals surface area contributed by atoms with Crippen molar-refractivity contribution in [3.63, 3.8) is 0 Å². The van der Waals surface area contributed by atoms with Crippen LogP contribution in [0.2, 0.25) is 0 Å². The fourth-order valence-electron chi connectivity index (χ4n) is 3.60. The van der Waals surface area contributed by atoms with E-state index in [4.69, 9.17) is 4.52 Å². The minimum atomic E-state index is -4.76. The number of amides is 1. The first kappa shape index (κ1) is 20.8. The Morgan fingerprint density at radius 3 is 2.48 bits per heavy atom. The molecule has 0 bridgehead atoms. The lowest BCUT2D eigenvalue weighted by Crippen LogP contribution is -2.41. The van der Waals surface area contributed by atoms with Crippen molar-refractivity contribution in [3.05, 3.63) is 70.5 Å². The first-order valence-corrected chi connectivity index (χ1v) is 9.76. The Kier molecular flexibility index (Phi) is 5.62. The van der Waals surface area contributed by atoms with Gasteiger partial charge in [0, 0.05) is 30.8 Å². The summed E-state index contributed by atoms with van der Waals surface area (Å²) in [7, 11) is 0. The number of piperidine rings is 1. The lowest BCUT2D eigenvalue weighted by molar-refractivity contribution is -0.139. The topological polar surface area (TPSA) is 81.2 Å². The Balaban J connectivity index is 1.38. The number of alkyl halides is 3. The van der Waals surface area contributed by atoms with E-state index in [0.717, 1.165) is 16.2 Å². The second kappa shape index (κ2) is 8.37. The zero-order valence-corrected chi connectivity index (χ0v) is 16.4. The molecule has 31 heavy (non-hydrogen) atoms. The average Bonchev–Trinajstić information content (AvgIpc) is 3.25. The molecule has 0 radical (unpaired) electrons. The van der Waals surface area contributed by atoms with Gasteiger partial charge in [0.05, 0.1) is 0 Å². The molecule has 1 aliphatic heterocycles. The van der Waals surface area contributed by atoms with Crippen LogP contribution in [0.3, 0.4) is 0 Å². The summed E-state index contributed by atoms with van der Waals surface area (Å²) in [6.45, 7) is 0.340. The summed E-state index contributed by atoms with van der Waals surface area (Å²) in [6.07, 6.45) is -2.41. The Hall–Kier alpha value is -3.43. The van der Waals surface area contributed by atoms with E-state index in [1.807, 2.05) is 30.3 Å². The molecule has 7 nitrogen and oxygen atoms in total. The molecule has 1 aromatic carbocycles. The zero-order valence-electron chi connectivity index (χ0n) is 16.4. The third kappa shape index (κ3) is 4.52. The highest BCUT2D eigenvalue weighted by atomic mass is 19.4. The Morgan fingerprint density at radius 2 is 1.81 bits per heavy atom. The molecule has 0 spiro atoms. The van der Waals surface area contributed by atoms with Gasteiger partial charge in [-0.25, -0.2) is 0 Å². The number of nitrogens with zero attached hydrogens (tertiary/aromatic N) is 4. The largest absolute Gasteiger partial charge is 0.421 e. The molecule has 3 aromatic rings. The van der Waals surface area contributed by atoms with Gasteiger partial charge in [-0.3, -0.25) is 9.59 Å². The van der Waals surface area contributed by atoms with E-state index in [1.165, 1.54) is 11.1 Å². The summed E-state index contributed by atoms with van der Waals surface area (Å²) in [5.41, 5.74) is -1.67. The van der Waals surface area contributed by atoms with Crippen LogP contribution in [0.1, 0.15) is 30.2 Å². The molecule has 0 aliphatic carbocycles. The quantitative estimate of drug-likeness (QED) is 0.632. The molecule has 0 saturated carbocycles. The van der Waals surface area contributed by atoms with Crippen LogP contribution in [-0.4, -0.2) is 38.6 Å². The van der Waals surface area contributed by atoms with Gasteiger partial charge in [-0.2, -0.15) is 18.2 Å². The minimum absolute atomic E-state index is 0.00899. The zero-order chi connectivity index (χ0) is 22.0. The summed E-state index contributed by atoms with van der Waals surface area (Å²) in [5, 5.41) is 4.01. The van der Waals surface area contributed by atoms with Crippen LogP contribution in [0.5, 0.6) is 0 Å². The monoisotopic (exact) mass is 432 g/mol. The highest BCUT2D eigenvalue weighted by Gasteiger charge is 2.34. The smallest absolute Gasteiger partial charge is 0.341 e. The fraction of sp³-hybridized carbons (Fsp3) is 0.333. The number of rotatable bonds is 4. The first-order chi connectivity index (χ1) is 14.8. The maximum atomic E-state index is 12.9. The number of carbonyl (C=O) groups excluding carboxylic acids is 1. The normalized spacial score (nSPS) is 15.3. The SMILES string of the molecule is O=C(Cn1cccc(C(F)(F)F)c1=O)N1CCC(c2nc(-c3ccccc3)no2)CC1. The molecule has 4 rings (SSSR count). The second-order valence-corrected chi connectivity index (χ2v) is 7.33. The van der Waals surface area contributed by atoms with Crippen molar-refractivity contribution in [2.45, 2.75) is 31.5 Å². The number of aromatic nitrogens is 3. The van der Waals surface area contributed by atoms with Gasteiger partial charge < -0.3 is 14.0 Å². The van der Waals surface area contributed by atoms with E-state index in [1.54, 1.807) is 0 Å². The van der Waals surface area contributed by atoms with Gasteiger partial charge in [0.15, 0.2) is 0 Å². The summed E-state index contributed by atoms with van der Waals surface area (Å²) >= 11 is 0. The van der Waals surface area contributed by atoms with E-state index in [-0.39, 0.29) is 5.92 Å². The third-order valence-corrected chi connectivity index (χ3v) is 5.30. The van der Waals surface area contributed by atoms with E-state index in [0.29, 0.717) is 43.7 Å². The van der Waals surface area contributed by atoms with Crippen molar-refractivity contribution in [1.29, 1.82) is 0 Å². The third-order valence-electron chi connectivity index (χ3n) is 5.30. The van der Waals surface area contributed by atoms with Crippen molar-refractivity contribution in [3.8, 4) is 11.4 Å². The lowest BCUT2D eigenvalue weighted by Gasteiger charge is -2.30. The van der Waals surface area contributed by atoms with Gasteiger partial charge in [0.2, 0.25) is 17.6 Å². The number of carbonyl (C=O) groups is 1. The van der Waals surface area contributed by atoms with Crippen LogP contribution in [0.15, 0.2) is 58.0 Å². The standard InChI is InChI=1S/C21H19F3N4O3/c22-21(23,24)16-7-4-10-28(20(16)30)13-17(29)27-11-8-15(9-12-27)19-25-18(26-31-19)14-5-2-1-3-6-14/h1-7,10,15H,8-9,11-13H2. The van der Waals surface area contributed by atoms with Crippen LogP contribution in [-0.2, 0) is 17.5 Å². The molecule has 1 amide bonds. The molecule has 162 valence electrons. The molecule has 0 N–H and O–H groups in total. The molecule has 3 heterocycles. The van der Waals surface area contributed by atoms with E-state index < -0.39 is 29.8 Å². The highest BCUT2D eigenvalue weighted by Crippen LogP contribution is 2.29. The van der Waals surface area contributed by atoms with Gasteiger partial charge in [-0.05, 0) is 25.0 Å². The number of hydrogen-bond donors (Lipinski definition) is 0. The van der Waals surface area contributed by atoms with Gasteiger partial charge in [0.25, 0.3) is 5.56 Å². The van der Waals surface area contributed by atoms with Crippen LogP contribution in [0, 0.1) is 0 Å². The number of hydrogen-bond acceptors (Lipinski definition) is 5. The van der Waals surface area contributed by atoms with E-state index in [9.17, 15) is 22.8 Å². The number of halogens is 3. The predicted molar refractivity (Wildman–Crippen MR) is 104 cm³/mol. The Morgan fingerprint density at radius 1 is 1.10 bits per heavy atom. The van der Waals surface area contributed by atoms with E-state index in [2.05, 4.69) is 10.1 Å². The van der Waals surface area contributed by atoms with Crippen molar-refractivity contribution in [2.24, 2.45) is 0 Å². The van der Waals surface area contributed by atoms with E-state index >= 15 is 0 Å². The summed E-state index contributed by atoms with van der Waals surface area (Å²) < 4.78 is 44.9. The van der Waals surface area contributed by atoms with Gasteiger partial charge in [0.1, 0.15) is 12.1 Å². The van der Waals surface area contributed by atoms with Crippen molar-refractivity contribution >= 4 is 5.91 Å². The first-order valence-electron chi connectivity index (χ1n) is 9.76. The molecular formula is C21H19F3N4O3. The van der Waals surface area contributed by atoms with Gasteiger partial charge in [-0.1, -0.05) is 35.5 Å². The second-order valence-electron chi connectivity index (χ2n) is 7.33. The molecule has 0 unspecified atom stereocenters. The van der Waals surface area contributed by atoms with Crippen molar-refractivity contribution in [1.82, 2.24) is 19.6 Å². The fourth-order valence-corrected chi connectivity index (χ4v) is 3.60. The van der Waals surface area contributed by atoms with Crippen molar-refractivity contribution in [2.75, 3.05) is 13.1 Å². The highest BCUT2D eigenvalue weighted by molar-refractivity contribution is 5.76. The number of benzene rings is 1. The van der Waals surface area contributed by atoms with Crippen LogP contribution in [0.4, 0.5) is 13.2 Å². The molecule has 1 saturated heterocycles. The lowest BCUT2D eigenvalue weighted by atomic mass is 9.96. The summed E-state index contributed by atoms with van der Waals surface area (Å²) in [5.74, 6) is 0.582. The van der Waals surface area contributed by atoms with Crippen molar-refractivity contribution < 1.29 is 22.5 Å². The van der Waals surface area contributed by atoms with Gasteiger partial charge >= 0.3 is 6.18 Å². The molecule has 2 aromatic heterocycles. The number of likely N-dealkylation sites (tertiary alicyclic amines) is 1. The molecule has 10 heteroatoms. The maximum Gasteiger partial charge on any atom is 0.421 e. The molecule has 1 fully saturated rings. The molecule has 1 aliphatic rings. The van der Waals surface area contributed by atoms with Gasteiger partial charge in [-0.15, -0.1) is 0 Å². The summed E-state index contributed by atoms with van der Waals surface area (Å²) in [4.78, 5) is 30.6. The molecule has 0 atom stereocenters. The minimum Gasteiger partial charge on any atom is -0.341 e. The van der Waals surface area contributed by atoms with Crippen LogP contribution >= 0.6 is 0 Å². The Labute approximate surface area is 175 Å². The van der Waals surface area contributed by atoms with Crippen LogP contribution < -0.4 is 5.56 Å². The molecular weight excluding hydrogens is 413 g/mol. The summed E-state index contributed by atoms with van der Waals surface area (Å²) in [6, 6.07) is 11.2. The Bertz CT molecular complexity index is 1120. The van der Waals surface area contributed by atoms with Crippen LogP contribution in [0.25, 0.3) is 11.4 Å². The number of pyridine rings is 1.